The minimum Gasteiger partial charge on any atom is -0.368 e. The summed E-state index contributed by atoms with van der Waals surface area (Å²) in [5, 5.41) is 3.30. The van der Waals surface area contributed by atoms with Crippen LogP contribution in [-0.2, 0) is 4.74 Å². The number of ether oxygens (including phenoxy) is 1. The Kier molecular flexibility index (Phi) is 3.24. The van der Waals surface area contributed by atoms with Gasteiger partial charge >= 0.3 is 0 Å². The molecule has 0 aliphatic carbocycles. The van der Waals surface area contributed by atoms with Crippen LogP contribution in [0.5, 0.6) is 0 Å². The summed E-state index contributed by atoms with van der Waals surface area (Å²) in [7, 11) is 0. The minimum atomic E-state index is -0.233. The second-order valence-corrected chi connectivity index (χ2v) is 5.13. The predicted molar refractivity (Wildman–Crippen MR) is 71.6 cm³/mol. The first kappa shape index (κ1) is 12.6. The molecule has 1 aliphatic rings. The van der Waals surface area contributed by atoms with Gasteiger partial charge in [-0.25, -0.2) is 9.37 Å². The molecule has 1 N–H and O–H groups in total. The van der Waals surface area contributed by atoms with Crippen molar-refractivity contribution < 1.29 is 9.13 Å². The van der Waals surface area contributed by atoms with Crippen molar-refractivity contribution in [2.75, 3.05) is 19.7 Å². The Morgan fingerprint density at radius 1 is 1.47 bits per heavy atom. The number of imidazole rings is 1. The summed E-state index contributed by atoms with van der Waals surface area (Å²) < 4.78 is 21.3. The zero-order valence-corrected chi connectivity index (χ0v) is 11.2. The summed E-state index contributed by atoms with van der Waals surface area (Å²) in [5.41, 5.74) is 1.65. The quantitative estimate of drug-likeness (QED) is 0.904. The lowest BCUT2D eigenvalue weighted by molar-refractivity contribution is 0.0197. The van der Waals surface area contributed by atoms with Gasteiger partial charge in [-0.1, -0.05) is 0 Å². The molecule has 0 saturated carbocycles. The molecule has 2 aromatic rings. The number of fused-ring (bicyclic) bond motifs is 1. The van der Waals surface area contributed by atoms with Crippen molar-refractivity contribution in [3.63, 3.8) is 0 Å². The lowest BCUT2D eigenvalue weighted by Gasteiger charge is -2.25. The van der Waals surface area contributed by atoms with Crippen LogP contribution in [0, 0.1) is 5.82 Å². The topological polar surface area (TPSA) is 39.1 Å². The molecule has 1 saturated heterocycles. The molecule has 4 nitrogen and oxygen atoms in total. The largest absolute Gasteiger partial charge is 0.368 e. The number of nitrogens with one attached hydrogen (secondary N) is 1. The third-order valence-corrected chi connectivity index (χ3v) is 3.41. The molecule has 0 bridgehead atoms. The van der Waals surface area contributed by atoms with Gasteiger partial charge in [0.25, 0.3) is 0 Å². The number of morpholine rings is 1. The van der Waals surface area contributed by atoms with Gasteiger partial charge in [0, 0.05) is 19.1 Å². The van der Waals surface area contributed by atoms with E-state index in [1.807, 2.05) is 0 Å². The summed E-state index contributed by atoms with van der Waals surface area (Å²) in [6, 6.07) is 4.93. The summed E-state index contributed by atoms with van der Waals surface area (Å²) in [4.78, 5) is 4.63. The smallest absolute Gasteiger partial charge is 0.140 e. The Morgan fingerprint density at radius 3 is 3.00 bits per heavy atom. The normalized spacial score (nSPS) is 20.3. The lowest BCUT2D eigenvalue weighted by Crippen LogP contribution is -2.34. The maximum absolute atomic E-state index is 13.4. The average molecular weight is 263 g/mol. The highest BCUT2D eigenvalue weighted by Gasteiger charge is 2.24. The van der Waals surface area contributed by atoms with Crippen LogP contribution in [0.15, 0.2) is 18.2 Å². The molecule has 0 amide bonds. The maximum Gasteiger partial charge on any atom is 0.140 e. The van der Waals surface area contributed by atoms with E-state index < -0.39 is 0 Å². The number of rotatable bonds is 2. The number of nitrogens with zero attached hydrogens (tertiary/aromatic N) is 2. The second-order valence-electron chi connectivity index (χ2n) is 5.13. The van der Waals surface area contributed by atoms with E-state index in [0.717, 1.165) is 29.9 Å². The molecule has 102 valence electrons. The Hall–Kier alpha value is -1.46. The van der Waals surface area contributed by atoms with Crippen molar-refractivity contribution in [1.82, 2.24) is 14.9 Å². The highest BCUT2D eigenvalue weighted by atomic mass is 19.1. The van der Waals surface area contributed by atoms with Gasteiger partial charge in [0.2, 0.25) is 0 Å². The van der Waals surface area contributed by atoms with Crippen molar-refractivity contribution in [3.8, 4) is 0 Å². The fourth-order valence-electron chi connectivity index (χ4n) is 2.59. The lowest BCUT2D eigenvalue weighted by atomic mass is 10.2. The van der Waals surface area contributed by atoms with Crippen LogP contribution in [0.2, 0.25) is 0 Å². The van der Waals surface area contributed by atoms with Crippen LogP contribution < -0.4 is 5.32 Å². The van der Waals surface area contributed by atoms with Crippen LogP contribution in [0.4, 0.5) is 4.39 Å². The molecule has 1 aliphatic heterocycles. The first-order valence-corrected chi connectivity index (χ1v) is 6.66. The standard InChI is InChI=1S/C14H18FN3O/c1-9(2)18-12-7-10(15)3-4-11(12)17-14(18)13-8-16-5-6-19-13/h3-4,7,9,13,16H,5-6,8H2,1-2H3. The molecule has 0 spiro atoms. The van der Waals surface area contributed by atoms with Crippen LogP contribution in [0.1, 0.15) is 31.8 Å². The zero-order valence-electron chi connectivity index (χ0n) is 11.2. The third kappa shape index (κ3) is 2.24. The summed E-state index contributed by atoms with van der Waals surface area (Å²) in [6.07, 6.45) is -0.0633. The fourth-order valence-corrected chi connectivity index (χ4v) is 2.59. The molecule has 5 heteroatoms. The van der Waals surface area contributed by atoms with E-state index >= 15 is 0 Å². The molecule has 0 radical (unpaired) electrons. The molecular weight excluding hydrogens is 245 g/mol. The van der Waals surface area contributed by atoms with Gasteiger partial charge < -0.3 is 14.6 Å². The van der Waals surface area contributed by atoms with Gasteiger partial charge in [0.1, 0.15) is 17.7 Å². The second kappa shape index (κ2) is 4.90. The fraction of sp³-hybridized carbons (Fsp3) is 0.500. The molecule has 1 fully saturated rings. The maximum atomic E-state index is 13.4. The van der Waals surface area contributed by atoms with Gasteiger partial charge in [-0.3, -0.25) is 0 Å². The zero-order chi connectivity index (χ0) is 13.4. The van der Waals surface area contributed by atoms with Crippen LogP contribution in [-0.4, -0.2) is 29.2 Å². The Labute approximate surface area is 111 Å². The third-order valence-electron chi connectivity index (χ3n) is 3.41. The van der Waals surface area contributed by atoms with Crippen LogP contribution in [0.25, 0.3) is 11.0 Å². The predicted octanol–water partition coefficient (Wildman–Crippen LogP) is 2.42. The van der Waals surface area contributed by atoms with Crippen molar-refractivity contribution in [1.29, 1.82) is 0 Å². The van der Waals surface area contributed by atoms with E-state index in [2.05, 4.69) is 28.7 Å². The summed E-state index contributed by atoms with van der Waals surface area (Å²) in [5.74, 6) is 0.645. The monoisotopic (exact) mass is 263 g/mol. The molecule has 1 aromatic carbocycles. The number of halogens is 1. The van der Waals surface area contributed by atoms with Crippen LogP contribution in [0.3, 0.4) is 0 Å². The molecule has 3 rings (SSSR count). The average Bonchev–Trinajstić information content (AvgIpc) is 2.78. The van der Waals surface area contributed by atoms with E-state index in [0.29, 0.717) is 6.61 Å². The first-order chi connectivity index (χ1) is 9.16. The molecule has 1 atom stereocenters. The van der Waals surface area contributed by atoms with E-state index in [1.54, 1.807) is 12.1 Å². The van der Waals surface area contributed by atoms with E-state index in [4.69, 9.17) is 4.74 Å². The number of aromatic nitrogens is 2. The highest BCUT2D eigenvalue weighted by molar-refractivity contribution is 5.76. The Balaban J connectivity index is 2.14. The van der Waals surface area contributed by atoms with Gasteiger partial charge in [0.15, 0.2) is 0 Å². The summed E-state index contributed by atoms with van der Waals surface area (Å²) >= 11 is 0. The van der Waals surface area contributed by atoms with Gasteiger partial charge in [-0.15, -0.1) is 0 Å². The van der Waals surface area contributed by atoms with E-state index in [-0.39, 0.29) is 18.0 Å². The first-order valence-electron chi connectivity index (χ1n) is 6.66. The van der Waals surface area contributed by atoms with Gasteiger partial charge in [-0.2, -0.15) is 0 Å². The number of hydrogen-bond acceptors (Lipinski definition) is 3. The molecule has 1 unspecified atom stereocenters. The molecular formula is C14H18FN3O. The minimum absolute atomic E-state index is 0.0633. The van der Waals surface area contributed by atoms with Crippen LogP contribution >= 0.6 is 0 Å². The molecule has 2 heterocycles. The number of benzene rings is 1. The van der Waals surface area contributed by atoms with E-state index in [1.165, 1.54) is 6.07 Å². The summed E-state index contributed by atoms with van der Waals surface area (Å²) in [6.45, 7) is 6.45. The van der Waals surface area contributed by atoms with Crippen molar-refractivity contribution in [3.05, 3.63) is 29.8 Å². The Bertz CT molecular complexity index is 588. The van der Waals surface area contributed by atoms with Crippen molar-refractivity contribution >= 4 is 11.0 Å². The van der Waals surface area contributed by atoms with Crippen molar-refractivity contribution in [2.45, 2.75) is 26.0 Å². The molecule has 1 aromatic heterocycles. The van der Waals surface area contributed by atoms with Crippen molar-refractivity contribution in [2.24, 2.45) is 0 Å². The van der Waals surface area contributed by atoms with Gasteiger partial charge in [-0.05, 0) is 32.0 Å². The number of hydrogen-bond donors (Lipinski definition) is 1. The highest BCUT2D eigenvalue weighted by Crippen LogP contribution is 2.27. The van der Waals surface area contributed by atoms with Gasteiger partial charge in [0.05, 0.1) is 17.6 Å². The SMILES string of the molecule is CC(C)n1c(C2CNCCO2)nc2ccc(F)cc21. The molecule has 19 heavy (non-hydrogen) atoms. The van der Waals surface area contributed by atoms with E-state index in [9.17, 15) is 4.39 Å². The Morgan fingerprint density at radius 2 is 2.32 bits per heavy atom.